The number of hydrogen-bond donors (Lipinski definition) is 1. The molecule has 0 radical (unpaired) electrons. The second-order valence-corrected chi connectivity index (χ2v) is 8.05. The lowest BCUT2D eigenvalue weighted by atomic mass is 9.75. The van der Waals surface area contributed by atoms with Gasteiger partial charge in [0.05, 0.1) is 24.6 Å². The number of rotatable bonds is 4. The van der Waals surface area contributed by atoms with Gasteiger partial charge in [0.1, 0.15) is 0 Å². The van der Waals surface area contributed by atoms with Crippen molar-refractivity contribution in [2.75, 3.05) is 12.0 Å². The number of hydrogen-bond acceptors (Lipinski definition) is 5. The molecule has 160 valence electrons. The second kappa shape index (κ2) is 7.73. The van der Waals surface area contributed by atoms with E-state index in [0.717, 1.165) is 5.56 Å². The number of fused-ring (bicyclic) bond motifs is 1. The van der Waals surface area contributed by atoms with Crippen LogP contribution >= 0.6 is 0 Å². The van der Waals surface area contributed by atoms with Gasteiger partial charge in [0.15, 0.2) is 5.54 Å². The van der Waals surface area contributed by atoms with Gasteiger partial charge in [0.25, 0.3) is 0 Å². The molecule has 5 rings (SSSR count). The summed E-state index contributed by atoms with van der Waals surface area (Å²) in [5.74, 6) is -3.03. The van der Waals surface area contributed by atoms with Crippen LogP contribution in [0.5, 0.6) is 0 Å². The lowest BCUT2D eigenvalue weighted by Crippen LogP contribution is -2.53. The minimum atomic E-state index is -1.49. The average molecular weight is 426 g/mol. The van der Waals surface area contributed by atoms with Crippen LogP contribution in [0.4, 0.5) is 5.69 Å². The van der Waals surface area contributed by atoms with Crippen molar-refractivity contribution in [1.29, 1.82) is 0 Å². The third kappa shape index (κ3) is 2.80. The first-order chi connectivity index (χ1) is 15.6. The Morgan fingerprint density at radius 1 is 0.844 bits per heavy atom. The molecule has 6 heteroatoms. The Morgan fingerprint density at radius 2 is 1.41 bits per heavy atom. The highest BCUT2D eigenvalue weighted by Gasteiger charge is 2.69. The Morgan fingerprint density at radius 3 is 2.00 bits per heavy atom. The van der Waals surface area contributed by atoms with Crippen LogP contribution in [-0.2, 0) is 24.7 Å². The summed E-state index contributed by atoms with van der Waals surface area (Å²) < 4.78 is 5.23. The normalized spacial score (nSPS) is 26.8. The molecule has 6 nitrogen and oxygen atoms in total. The Kier molecular flexibility index (Phi) is 4.87. The van der Waals surface area contributed by atoms with Crippen molar-refractivity contribution in [3.8, 4) is 0 Å². The number of esters is 1. The number of carbonyl (C=O) groups is 3. The number of carbonyl (C=O) groups excluding carboxylic acids is 3. The van der Waals surface area contributed by atoms with Gasteiger partial charge in [-0.3, -0.25) is 14.9 Å². The summed E-state index contributed by atoms with van der Waals surface area (Å²) in [5, 5.41) is 3.38. The van der Waals surface area contributed by atoms with Crippen LogP contribution in [0.1, 0.15) is 17.2 Å². The van der Waals surface area contributed by atoms with Gasteiger partial charge in [0.2, 0.25) is 11.8 Å². The van der Waals surface area contributed by atoms with Crippen LogP contribution in [0.2, 0.25) is 0 Å². The molecule has 1 N–H and O–H groups in total. The zero-order valence-electron chi connectivity index (χ0n) is 17.5. The lowest BCUT2D eigenvalue weighted by molar-refractivity contribution is -0.152. The summed E-state index contributed by atoms with van der Waals surface area (Å²) in [6, 6.07) is 26.8. The fourth-order valence-electron chi connectivity index (χ4n) is 5.12. The number of amides is 2. The molecule has 0 aromatic heterocycles. The van der Waals surface area contributed by atoms with Gasteiger partial charge < -0.3 is 4.74 Å². The van der Waals surface area contributed by atoms with Crippen LogP contribution in [0.3, 0.4) is 0 Å². The van der Waals surface area contributed by atoms with Crippen molar-refractivity contribution in [3.63, 3.8) is 0 Å². The fraction of sp³-hybridized carbons (Fsp3) is 0.192. The Bertz CT molecular complexity index is 1170. The highest BCUT2D eigenvalue weighted by molar-refractivity contribution is 6.24. The molecular formula is C26H22N2O4. The number of para-hydroxylation sites is 1. The summed E-state index contributed by atoms with van der Waals surface area (Å²) in [7, 11) is 1.30. The summed E-state index contributed by atoms with van der Waals surface area (Å²) in [5.41, 5.74) is 0.435. The highest BCUT2D eigenvalue weighted by Crippen LogP contribution is 2.53. The molecule has 0 saturated carbocycles. The molecule has 3 aromatic carbocycles. The van der Waals surface area contributed by atoms with E-state index in [1.165, 1.54) is 12.0 Å². The molecule has 3 aromatic rings. The van der Waals surface area contributed by atoms with Crippen molar-refractivity contribution in [3.05, 3.63) is 102 Å². The van der Waals surface area contributed by atoms with Crippen molar-refractivity contribution in [1.82, 2.24) is 5.32 Å². The molecule has 0 unspecified atom stereocenters. The minimum Gasteiger partial charge on any atom is -0.467 e. The predicted molar refractivity (Wildman–Crippen MR) is 118 cm³/mol. The molecule has 0 aliphatic carbocycles. The summed E-state index contributed by atoms with van der Waals surface area (Å²) >= 11 is 0. The maximum Gasteiger partial charge on any atom is 0.331 e. The zero-order chi connectivity index (χ0) is 22.3. The number of imide groups is 1. The molecular weight excluding hydrogens is 404 g/mol. The third-order valence-corrected chi connectivity index (χ3v) is 6.47. The fourth-order valence-corrected chi connectivity index (χ4v) is 5.12. The lowest BCUT2D eigenvalue weighted by Gasteiger charge is -2.33. The van der Waals surface area contributed by atoms with Gasteiger partial charge in [0, 0.05) is 6.04 Å². The maximum atomic E-state index is 13.8. The van der Waals surface area contributed by atoms with Crippen molar-refractivity contribution in [2.45, 2.75) is 11.6 Å². The van der Waals surface area contributed by atoms with E-state index in [4.69, 9.17) is 4.74 Å². The van der Waals surface area contributed by atoms with Crippen LogP contribution in [0.25, 0.3) is 0 Å². The predicted octanol–water partition coefficient (Wildman–Crippen LogP) is 3.21. The topological polar surface area (TPSA) is 75.7 Å². The summed E-state index contributed by atoms with van der Waals surface area (Å²) in [6.07, 6.45) is 0. The van der Waals surface area contributed by atoms with Gasteiger partial charge in [-0.15, -0.1) is 0 Å². The van der Waals surface area contributed by atoms with Crippen LogP contribution in [0, 0.1) is 11.8 Å². The van der Waals surface area contributed by atoms with Crippen molar-refractivity contribution < 1.29 is 19.1 Å². The largest absolute Gasteiger partial charge is 0.467 e. The zero-order valence-corrected chi connectivity index (χ0v) is 17.5. The molecule has 2 fully saturated rings. The molecule has 2 heterocycles. The first-order valence-corrected chi connectivity index (χ1v) is 10.5. The van der Waals surface area contributed by atoms with E-state index in [9.17, 15) is 14.4 Å². The molecule has 4 atom stereocenters. The minimum absolute atomic E-state index is 0.325. The summed E-state index contributed by atoms with van der Waals surface area (Å²) in [4.78, 5) is 42.2. The summed E-state index contributed by atoms with van der Waals surface area (Å²) in [6.45, 7) is 0. The van der Waals surface area contributed by atoms with E-state index in [-0.39, 0.29) is 5.91 Å². The van der Waals surface area contributed by atoms with Gasteiger partial charge in [-0.2, -0.15) is 0 Å². The Hall–Kier alpha value is -3.77. The number of benzene rings is 3. The quantitative estimate of drug-likeness (QED) is 0.512. The Labute approximate surface area is 185 Å². The number of anilines is 1. The molecule has 2 aliphatic heterocycles. The van der Waals surface area contributed by atoms with E-state index < -0.39 is 35.3 Å². The van der Waals surface area contributed by atoms with E-state index in [0.29, 0.717) is 11.3 Å². The van der Waals surface area contributed by atoms with Crippen LogP contribution in [0.15, 0.2) is 91.0 Å². The van der Waals surface area contributed by atoms with Gasteiger partial charge in [-0.25, -0.2) is 9.69 Å². The molecule has 0 spiro atoms. The van der Waals surface area contributed by atoms with Gasteiger partial charge in [-0.05, 0) is 23.3 Å². The van der Waals surface area contributed by atoms with Gasteiger partial charge >= 0.3 is 5.97 Å². The third-order valence-electron chi connectivity index (χ3n) is 6.47. The molecule has 2 amide bonds. The second-order valence-electron chi connectivity index (χ2n) is 8.05. The van der Waals surface area contributed by atoms with Crippen molar-refractivity contribution in [2.24, 2.45) is 11.8 Å². The van der Waals surface area contributed by atoms with Crippen LogP contribution in [-0.4, -0.2) is 24.9 Å². The smallest absolute Gasteiger partial charge is 0.331 e. The van der Waals surface area contributed by atoms with Gasteiger partial charge in [-0.1, -0.05) is 78.9 Å². The standard InChI is InChI=1S/C26H22N2O4/c1-32-25(31)26(18-13-7-3-8-14-18)21-20(22(27-26)17-11-5-2-6-12-17)23(29)28(24(21)30)19-15-9-4-10-16-19/h2-16,20-22,27H,1H3/t20-,21-,22-,26-/m1/s1. The first-order valence-electron chi connectivity index (χ1n) is 10.5. The number of nitrogens with zero attached hydrogens (tertiary/aromatic N) is 1. The van der Waals surface area contributed by atoms with E-state index in [1.54, 1.807) is 36.4 Å². The van der Waals surface area contributed by atoms with E-state index >= 15 is 0 Å². The average Bonchev–Trinajstić information content (AvgIpc) is 3.34. The van der Waals surface area contributed by atoms with E-state index in [1.807, 2.05) is 54.6 Å². The van der Waals surface area contributed by atoms with Crippen LogP contribution < -0.4 is 10.2 Å². The number of nitrogens with one attached hydrogen (secondary N) is 1. The molecule has 2 aliphatic rings. The maximum absolute atomic E-state index is 13.8. The molecule has 32 heavy (non-hydrogen) atoms. The number of methoxy groups -OCH3 is 1. The monoisotopic (exact) mass is 426 g/mol. The number of ether oxygens (including phenoxy) is 1. The van der Waals surface area contributed by atoms with E-state index in [2.05, 4.69) is 5.32 Å². The van der Waals surface area contributed by atoms with Crippen molar-refractivity contribution >= 4 is 23.5 Å². The highest BCUT2D eigenvalue weighted by atomic mass is 16.5. The molecule has 2 saturated heterocycles. The molecule has 0 bridgehead atoms. The Balaban J connectivity index is 1.73. The first kappa shape index (κ1) is 20.2. The SMILES string of the molecule is COC(=O)[C@]1(c2ccccc2)N[C@H](c2ccccc2)[C@@H]2C(=O)N(c3ccccc3)C(=O)[C@@H]21.